The number of nitrogens with zero attached hydrogens (tertiary/aromatic N) is 1. The van der Waals surface area contributed by atoms with E-state index in [0.29, 0.717) is 5.56 Å². The Kier molecular flexibility index (Phi) is 5.61. The molecule has 25 heavy (non-hydrogen) atoms. The van der Waals surface area contributed by atoms with Crippen LogP contribution in [0.3, 0.4) is 0 Å². The van der Waals surface area contributed by atoms with Crippen molar-refractivity contribution in [2.75, 3.05) is 6.54 Å². The van der Waals surface area contributed by atoms with Gasteiger partial charge in [-0.3, -0.25) is 4.79 Å². The van der Waals surface area contributed by atoms with E-state index in [1.807, 2.05) is 0 Å². The molecule has 0 amide bonds. The van der Waals surface area contributed by atoms with E-state index in [2.05, 4.69) is 0 Å². The zero-order chi connectivity index (χ0) is 18.7. The highest BCUT2D eigenvalue weighted by Gasteiger charge is 2.37. The number of carboxylic acids is 1. The number of carboxylic acid groups (broad SMARTS) is 1. The minimum Gasteiger partial charge on any atom is -0.481 e. The summed E-state index contributed by atoms with van der Waals surface area (Å²) in [4.78, 5) is 10.5. The molecule has 0 bridgehead atoms. The third-order valence-electron chi connectivity index (χ3n) is 3.46. The average Bonchev–Trinajstić information content (AvgIpc) is 2.55. The second-order valence-corrected chi connectivity index (χ2v) is 9.15. The predicted molar refractivity (Wildman–Crippen MR) is 91.0 cm³/mol. The fraction of sp³-hybridized carbons (Fsp3) is 0.188. The summed E-state index contributed by atoms with van der Waals surface area (Å²) in [7, 11) is -8.89. The van der Waals surface area contributed by atoms with Gasteiger partial charge in [-0.15, -0.1) is 0 Å². The molecule has 2 aromatic rings. The number of carbonyl (C=O) groups is 1. The fourth-order valence-corrected chi connectivity index (χ4v) is 6.10. The third-order valence-corrected chi connectivity index (χ3v) is 7.95. The second kappa shape index (κ2) is 7.34. The minimum absolute atomic E-state index is 0.181. The summed E-state index contributed by atoms with van der Waals surface area (Å²) in [6.45, 7) is 0.848. The lowest BCUT2D eigenvalue weighted by Gasteiger charge is -2.22. The largest absolute Gasteiger partial charge is 0.481 e. The van der Waals surface area contributed by atoms with Gasteiger partial charge in [0.25, 0.3) is 20.0 Å². The van der Waals surface area contributed by atoms with Gasteiger partial charge >= 0.3 is 5.97 Å². The molecule has 0 unspecified atom stereocenters. The molecule has 0 saturated carbocycles. The Labute approximate surface area is 146 Å². The average molecular weight is 383 g/mol. The van der Waals surface area contributed by atoms with Gasteiger partial charge in [0, 0.05) is 6.54 Å². The Balaban J connectivity index is 2.61. The molecule has 0 aliphatic heterocycles. The Morgan fingerprint density at radius 3 is 2.04 bits per heavy atom. The molecule has 0 aliphatic rings. The monoisotopic (exact) mass is 383 g/mol. The zero-order valence-corrected chi connectivity index (χ0v) is 15.0. The lowest BCUT2D eigenvalue weighted by molar-refractivity contribution is -0.136. The molecule has 134 valence electrons. The number of hydrogen-bond donors (Lipinski definition) is 1. The lowest BCUT2D eigenvalue weighted by Crippen LogP contribution is -2.38. The van der Waals surface area contributed by atoms with Crippen LogP contribution < -0.4 is 0 Å². The summed E-state index contributed by atoms with van der Waals surface area (Å²) in [5, 5.41) is 8.87. The van der Waals surface area contributed by atoms with Crippen LogP contribution in [0.5, 0.6) is 0 Å². The highest BCUT2D eigenvalue weighted by atomic mass is 32.3. The number of benzene rings is 2. The summed E-state index contributed by atoms with van der Waals surface area (Å²) in [6.07, 6.45) is -0.642. The van der Waals surface area contributed by atoms with Gasteiger partial charge in [-0.05, 0) is 30.7 Å². The maximum Gasteiger partial charge on any atom is 0.304 e. The molecule has 7 nitrogen and oxygen atoms in total. The van der Waals surface area contributed by atoms with Crippen molar-refractivity contribution in [3.63, 3.8) is 0 Å². The van der Waals surface area contributed by atoms with Gasteiger partial charge in [-0.25, -0.2) is 16.8 Å². The smallest absolute Gasteiger partial charge is 0.304 e. The number of rotatable bonds is 7. The Morgan fingerprint density at radius 2 is 1.48 bits per heavy atom. The molecule has 2 aromatic carbocycles. The van der Waals surface area contributed by atoms with Gasteiger partial charge in [-0.1, -0.05) is 40.1 Å². The molecule has 0 radical (unpaired) electrons. The van der Waals surface area contributed by atoms with Crippen molar-refractivity contribution in [3.8, 4) is 0 Å². The SMILES string of the molecule is Cc1ccccc1S(=O)(=O)N(CCC(=O)O)S(=O)(=O)c1ccccc1. The Bertz CT molecular complexity index is 969. The molecule has 0 saturated heterocycles. The van der Waals surface area contributed by atoms with Crippen LogP contribution in [0.1, 0.15) is 12.0 Å². The molecular weight excluding hydrogens is 366 g/mol. The summed E-state index contributed by atoms with van der Waals surface area (Å²) < 4.78 is 51.8. The first-order chi connectivity index (χ1) is 11.7. The maximum atomic E-state index is 12.9. The Hall–Kier alpha value is -2.23. The first kappa shape index (κ1) is 19.1. The van der Waals surface area contributed by atoms with Crippen LogP contribution in [-0.4, -0.2) is 38.2 Å². The number of hydrogen-bond acceptors (Lipinski definition) is 5. The number of sulfonamides is 2. The van der Waals surface area contributed by atoms with Crippen molar-refractivity contribution in [2.45, 2.75) is 23.1 Å². The van der Waals surface area contributed by atoms with Crippen LogP contribution in [0.4, 0.5) is 0 Å². The van der Waals surface area contributed by atoms with E-state index in [0.717, 1.165) is 0 Å². The van der Waals surface area contributed by atoms with Gasteiger partial charge in [0.15, 0.2) is 0 Å². The van der Waals surface area contributed by atoms with Crippen molar-refractivity contribution < 1.29 is 26.7 Å². The zero-order valence-electron chi connectivity index (χ0n) is 13.4. The molecule has 0 aliphatic carbocycles. The molecule has 1 N–H and O–H groups in total. The van der Waals surface area contributed by atoms with E-state index >= 15 is 0 Å². The summed E-state index contributed by atoms with van der Waals surface area (Å²) in [5.74, 6) is -1.30. The van der Waals surface area contributed by atoms with Gasteiger partial charge in [0.1, 0.15) is 0 Å². The Morgan fingerprint density at radius 1 is 0.920 bits per heavy atom. The van der Waals surface area contributed by atoms with Gasteiger partial charge in [0.05, 0.1) is 16.2 Å². The van der Waals surface area contributed by atoms with Crippen LogP contribution in [0.25, 0.3) is 0 Å². The van der Waals surface area contributed by atoms with Gasteiger partial charge in [-0.2, -0.15) is 0 Å². The normalized spacial score (nSPS) is 12.2. The standard InChI is InChI=1S/C16H17NO6S2/c1-13-7-5-6-10-15(13)25(22,23)17(12-11-16(18)19)24(20,21)14-8-3-2-4-9-14/h2-10H,11-12H2,1H3,(H,18,19). The van der Waals surface area contributed by atoms with Crippen LogP contribution in [0.2, 0.25) is 0 Å². The van der Waals surface area contributed by atoms with E-state index in [9.17, 15) is 21.6 Å². The highest BCUT2D eigenvalue weighted by molar-refractivity contribution is 8.04. The minimum atomic E-state index is -4.45. The summed E-state index contributed by atoms with van der Waals surface area (Å²) in [6, 6.07) is 13.0. The number of aryl methyl sites for hydroxylation is 1. The van der Waals surface area contributed by atoms with Crippen LogP contribution in [0.15, 0.2) is 64.4 Å². The van der Waals surface area contributed by atoms with E-state index < -0.39 is 39.0 Å². The van der Waals surface area contributed by atoms with Gasteiger partial charge in [0.2, 0.25) is 0 Å². The van der Waals surface area contributed by atoms with Crippen molar-refractivity contribution in [1.82, 2.24) is 3.71 Å². The molecule has 0 spiro atoms. The first-order valence-corrected chi connectivity index (χ1v) is 10.2. The van der Waals surface area contributed by atoms with Crippen molar-refractivity contribution in [1.29, 1.82) is 0 Å². The lowest BCUT2D eigenvalue weighted by atomic mass is 10.2. The summed E-state index contributed by atoms with van der Waals surface area (Å²) >= 11 is 0. The fourth-order valence-electron chi connectivity index (χ4n) is 2.22. The molecule has 2 rings (SSSR count). The highest BCUT2D eigenvalue weighted by Crippen LogP contribution is 2.26. The number of aliphatic carboxylic acids is 1. The van der Waals surface area contributed by atoms with Crippen LogP contribution in [0, 0.1) is 6.92 Å². The van der Waals surface area contributed by atoms with E-state index in [4.69, 9.17) is 5.11 Å². The molecule has 0 aromatic heterocycles. The van der Waals surface area contributed by atoms with E-state index in [1.54, 1.807) is 12.1 Å². The topological polar surface area (TPSA) is 109 Å². The van der Waals surface area contributed by atoms with Crippen LogP contribution in [-0.2, 0) is 24.8 Å². The van der Waals surface area contributed by atoms with Crippen molar-refractivity contribution >= 4 is 26.0 Å². The second-order valence-electron chi connectivity index (χ2n) is 5.23. The summed E-state index contributed by atoms with van der Waals surface area (Å²) in [5.41, 5.74) is 0.367. The molecule has 0 fully saturated rings. The first-order valence-electron chi connectivity index (χ1n) is 7.28. The van der Waals surface area contributed by atoms with E-state index in [1.165, 1.54) is 49.4 Å². The van der Waals surface area contributed by atoms with E-state index in [-0.39, 0.29) is 13.5 Å². The third kappa shape index (κ3) is 4.06. The quantitative estimate of drug-likeness (QED) is 0.781. The van der Waals surface area contributed by atoms with Crippen LogP contribution >= 0.6 is 0 Å². The molecular formula is C16H17NO6S2. The van der Waals surface area contributed by atoms with Crippen molar-refractivity contribution in [3.05, 3.63) is 60.2 Å². The van der Waals surface area contributed by atoms with Crippen molar-refractivity contribution in [2.24, 2.45) is 0 Å². The molecule has 0 atom stereocenters. The maximum absolute atomic E-state index is 12.9. The molecule has 9 heteroatoms. The van der Waals surface area contributed by atoms with Gasteiger partial charge < -0.3 is 5.11 Å². The molecule has 0 heterocycles. The predicted octanol–water partition coefficient (Wildman–Crippen LogP) is 1.85.